The maximum Gasteiger partial charge on any atom is 0.329 e. The van der Waals surface area contributed by atoms with Crippen LogP contribution in [0.5, 0.6) is 5.75 Å². The Bertz CT molecular complexity index is 467. The van der Waals surface area contributed by atoms with Crippen molar-refractivity contribution in [1.82, 2.24) is 5.32 Å². The van der Waals surface area contributed by atoms with Crippen molar-refractivity contribution in [3.8, 4) is 5.75 Å². The van der Waals surface area contributed by atoms with E-state index in [2.05, 4.69) is 5.32 Å². The summed E-state index contributed by atoms with van der Waals surface area (Å²) in [5.41, 5.74) is 0.878. The summed E-state index contributed by atoms with van der Waals surface area (Å²) in [7, 11) is 1.59. The molecule has 0 spiro atoms. The number of hydrogen-bond acceptors (Lipinski definition) is 4. The van der Waals surface area contributed by atoms with E-state index in [9.17, 15) is 9.59 Å². The SMILES string of the molecule is COc1ccc(C=CC(=O)NCCOCC(=O)O)cc1. The van der Waals surface area contributed by atoms with Gasteiger partial charge in [-0.25, -0.2) is 4.79 Å². The zero-order valence-electron chi connectivity index (χ0n) is 11.2. The molecule has 0 bridgehead atoms. The first-order chi connectivity index (χ1) is 9.61. The van der Waals surface area contributed by atoms with Gasteiger partial charge in [-0.15, -0.1) is 0 Å². The van der Waals surface area contributed by atoms with Crippen LogP contribution in [0.25, 0.3) is 6.08 Å². The lowest BCUT2D eigenvalue weighted by molar-refractivity contribution is -0.142. The number of ether oxygens (including phenoxy) is 2. The highest BCUT2D eigenvalue weighted by atomic mass is 16.5. The molecule has 0 fully saturated rings. The van der Waals surface area contributed by atoms with Crippen LogP contribution < -0.4 is 10.1 Å². The van der Waals surface area contributed by atoms with Crippen LogP contribution in [-0.4, -0.2) is 43.9 Å². The monoisotopic (exact) mass is 279 g/mol. The van der Waals surface area contributed by atoms with Crippen molar-refractivity contribution in [2.75, 3.05) is 26.9 Å². The lowest BCUT2D eigenvalue weighted by Gasteiger charge is -2.02. The summed E-state index contributed by atoms with van der Waals surface area (Å²) in [4.78, 5) is 21.6. The standard InChI is InChI=1S/C14H17NO5/c1-19-12-5-2-11(3-6-12)4-7-13(16)15-8-9-20-10-14(17)18/h2-7H,8-10H2,1H3,(H,15,16)(H,17,18). The number of carbonyl (C=O) groups excluding carboxylic acids is 1. The van der Waals surface area contributed by atoms with Crippen molar-refractivity contribution in [3.05, 3.63) is 35.9 Å². The van der Waals surface area contributed by atoms with Gasteiger partial charge in [-0.05, 0) is 23.8 Å². The fourth-order valence-corrected chi connectivity index (χ4v) is 1.35. The quantitative estimate of drug-likeness (QED) is 0.546. The Morgan fingerprint density at radius 1 is 1.30 bits per heavy atom. The Hall–Kier alpha value is -2.34. The van der Waals surface area contributed by atoms with E-state index in [1.165, 1.54) is 6.08 Å². The lowest BCUT2D eigenvalue weighted by Crippen LogP contribution is -2.26. The fourth-order valence-electron chi connectivity index (χ4n) is 1.35. The summed E-state index contributed by atoms with van der Waals surface area (Å²) >= 11 is 0. The number of carbonyl (C=O) groups is 2. The molecule has 0 saturated heterocycles. The van der Waals surface area contributed by atoms with Gasteiger partial charge >= 0.3 is 5.97 Å². The van der Waals surface area contributed by atoms with E-state index in [4.69, 9.17) is 14.6 Å². The molecule has 20 heavy (non-hydrogen) atoms. The van der Waals surface area contributed by atoms with E-state index in [0.717, 1.165) is 11.3 Å². The van der Waals surface area contributed by atoms with Crippen LogP contribution in [0.4, 0.5) is 0 Å². The molecule has 0 aromatic heterocycles. The largest absolute Gasteiger partial charge is 0.497 e. The molecule has 108 valence electrons. The molecule has 0 unspecified atom stereocenters. The van der Waals surface area contributed by atoms with Gasteiger partial charge in [0, 0.05) is 12.6 Å². The summed E-state index contributed by atoms with van der Waals surface area (Å²) in [5.74, 6) is -0.544. The van der Waals surface area contributed by atoms with Crippen LogP contribution >= 0.6 is 0 Å². The van der Waals surface area contributed by atoms with Gasteiger partial charge in [0.2, 0.25) is 5.91 Å². The van der Waals surface area contributed by atoms with Gasteiger partial charge in [0.1, 0.15) is 12.4 Å². The van der Waals surface area contributed by atoms with Gasteiger partial charge in [0.05, 0.1) is 13.7 Å². The zero-order valence-corrected chi connectivity index (χ0v) is 11.2. The first-order valence-corrected chi connectivity index (χ1v) is 6.01. The molecule has 6 nitrogen and oxygen atoms in total. The Kier molecular flexibility index (Phi) is 6.84. The van der Waals surface area contributed by atoms with Crippen molar-refractivity contribution in [3.63, 3.8) is 0 Å². The van der Waals surface area contributed by atoms with Crippen LogP contribution in [0.2, 0.25) is 0 Å². The van der Waals surface area contributed by atoms with Gasteiger partial charge in [-0.1, -0.05) is 12.1 Å². The smallest absolute Gasteiger partial charge is 0.329 e. The molecule has 6 heteroatoms. The second-order valence-electron chi connectivity index (χ2n) is 3.84. The normalized spacial score (nSPS) is 10.4. The van der Waals surface area contributed by atoms with E-state index in [0.29, 0.717) is 0 Å². The van der Waals surface area contributed by atoms with E-state index < -0.39 is 5.97 Å². The summed E-state index contributed by atoms with van der Waals surface area (Å²) in [6, 6.07) is 7.27. The number of carboxylic acid groups (broad SMARTS) is 1. The molecule has 0 aliphatic rings. The molecule has 1 aromatic rings. The number of amides is 1. The maximum absolute atomic E-state index is 11.4. The number of aliphatic carboxylic acids is 1. The van der Waals surface area contributed by atoms with E-state index >= 15 is 0 Å². The number of methoxy groups -OCH3 is 1. The van der Waals surface area contributed by atoms with Crippen LogP contribution in [0.1, 0.15) is 5.56 Å². The minimum absolute atomic E-state index is 0.161. The van der Waals surface area contributed by atoms with E-state index in [-0.39, 0.29) is 25.7 Å². The first-order valence-electron chi connectivity index (χ1n) is 6.01. The predicted octanol–water partition coefficient (Wildman–Crippen LogP) is 0.926. The third-order valence-electron chi connectivity index (χ3n) is 2.31. The van der Waals surface area contributed by atoms with Crippen molar-refractivity contribution in [2.45, 2.75) is 0 Å². The number of nitrogens with one attached hydrogen (secondary N) is 1. The molecule has 0 aliphatic carbocycles. The molecule has 0 heterocycles. The second-order valence-corrected chi connectivity index (χ2v) is 3.84. The van der Waals surface area contributed by atoms with Gasteiger partial charge in [0.15, 0.2) is 0 Å². The molecule has 2 N–H and O–H groups in total. The summed E-state index contributed by atoms with van der Waals surface area (Å²) in [5, 5.41) is 10.9. The van der Waals surface area contributed by atoms with Crippen molar-refractivity contribution in [1.29, 1.82) is 0 Å². The highest BCUT2D eigenvalue weighted by molar-refractivity contribution is 5.91. The second kappa shape index (κ2) is 8.71. The van der Waals surface area contributed by atoms with Crippen LogP contribution in [0.15, 0.2) is 30.3 Å². The average Bonchev–Trinajstić information content (AvgIpc) is 2.45. The summed E-state index contributed by atoms with van der Waals surface area (Å²) in [6.45, 7) is 0.0606. The molecule has 0 atom stereocenters. The highest BCUT2D eigenvalue weighted by Gasteiger charge is 1.98. The molecule has 0 aliphatic heterocycles. The van der Waals surface area contributed by atoms with Crippen molar-refractivity contribution >= 4 is 18.0 Å². The maximum atomic E-state index is 11.4. The Labute approximate surface area is 117 Å². The Morgan fingerprint density at radius 2 is 2.00 bits per heavy atom. The molecule has 1 amide bonds. The summed E-state index contributed by atoms with van der Waals surface area (Å²) < 4.78 is 9.81. The zero-order chi connectivity index (χ0) is 14.8. The molecular formula is C14H17NO5. The third kappa shape index (κ3) is 6.55. The first kappa shape index (κ1) is 15.7. The van der Waals surface area contributed by atoms with Crippen molar-refractivity contribution in [2.24, 2.45) is 0 Å². The summed E-state index contributed by atoms with van der Waals surface area (Å²) in [6.07, 6.45) is 3.08. The number of benzene rings is 1. The van der Waals surface area contributed by atoms with Gasteiger partial charge in [0.25, 0.3) is 0 Å². The topological polar surface area (TPSA) is 84.9 Å². The van der Waals surface area contributed by atoms with Crippen LogP contribution in [0, 0.1) is 0 Å². The number of hydrogen-bond donors (Lipinski definition) is 2. The highest BCUT2D eigenvalue weighted by Crippen LogP contribution is 2.11. The predicted molar refractivity (Wildman–Crippen MR) is 73.5 cm³/mol. The molecule has 1 rings (SSSR count). The Morgan fingerprint density at radius 3 is 2.60 bits per heavy atom. The van der Waals surface area contributed by atoms with E-state index in [1.807, 2.05) is 12.1 Å². The Balaban J connectivity index is 2.26. The van der Waals surface area contributed by atoms with Gasteiger partial charge in [-0.3, -0.25) is 4.79 Å². The van der Waals surface area contributed by atoms with Crippen LogP contribution in [0.3, 0.4) is 0 Å². The lowest BCUT2D eigenvalue weighted by atomic mass is 10.2. The fraction of sp³-hybridized carbons (Fsp3) is 0.286. The van der Waals surface area contributed by atoms with Crippen molar-refractivity contribution < 1.29 is 24.2 Å². The van der Waals surface area contributed by atoms with E-state index in [1.54, 1.807) is 25.3 Å². The number of carboxylic acids is 1. The molecular weight excluding hydrogens is 262 g/mol. The average molecular weight is 279 g/mol. The van der Waals surface area contributed by atoms with Gasteiger partial charge < -0.3 is 19.9 Å². The molecule has 0 saturated carbocycles. The van der Waals surface area contributed by atoms with Gasteiger partial charge in [-0.2, -0.15) is 0 Å². The minimum Gasteiger partial charge on any atom is -0.497 e. The molecule has 1 aromatic carbocycles. The number of rotatable bonds is 8. The minimum atomic E-state index is -1.03. The third-order valence-corrected chi connectivity index (χ3v) is 2.31. The molecule has 0 radical (unpaired) electrons. The van der Waals surface area contributed by atoms with Crippen LogP contribution in [-0.2, 0) is 14.3 Å².